The molecule has 0 saturated carbocycles. The zero-order valence-corrected chi connectivity index (χ0v) is 13.7. The van der Waals surface area contributed by atoms with Crippen LogP contribution in [0.15, 0.2) is 29.8 Å². The van der Waals surface area contributed by atoms with E-state index in [-0.39, 0.29) is 30.1 Å². The van der Waals surface area contributed by atoms with Gasteiger partial charge in [-0.2, -0.15) is 0 Å². The van der Waals surface area contributed by atoms with Gasteiger partial charge in [-0.05, 0) is 30.2 Å². The van der Waals surface area contributed by atoms with Gasteiger partial charge in [-0.15, -0.1) is 11.3 Å². The van der Waals surface area contributed by atoms with Crippen molar-refractivity contribution in [1.29, 1.82) is 0 Å². The summed E-state index contributed by atoms with van der Waals surface area (Å²) in [5.74, 6) is -0.702. The fourth-order valence-corrected chi connectivity index (χ4v) is 2.83. The van der Waals surface area contributed by atoms with Crippen LogP contribution in [0, 0.1) is 5.82 Å². The molecular weight excluding hydrogens is 317 g/mol. The summed E-state index contributed by atoms with van der Waals surface area (Å²) < 4.78 is 12.8. The molecule has 1 aromatic carbocycles. The van der Waals surface area contributed by atoms with Crippen molar-refractivity contribution in [1.82, 2.24) is 15.6 Å². The number of halogens is 1. The number of benzene rings is 1. The Labute approximate surface area is 137 Å². The Morgan fingerprint density at radius 2 is 1.74 bits per heavy atom. The summed E-state index contributed by atoms with van der Waals surface area (Å²) in [6, 6.07) is 5.28. The predicted octanol–water partition coefficient (Wildman–Crippen LogP) is 2.57. The molecule has 5 nitrogen and oxygen atoms in total. The summed E-state index contributed by atoms with van der Waals surface area (Å²) in [6.07, 6.45) is 0. The first kappa shape index (κ1) is 17.1. The molecule has 0 unspecified atom stereocenters. The first-order chi connectivity index (χ1) is 11.0. The number of rotatable bonds is 6. The topological polar surface area (TPSA) is 71.1 Å². The quantitative estimate of drug-likeness (QED) is 0.797. The molecule has 2 aromatic rings. The Bertz CT molecular complexity index is 683. The predicted molar refractivity (Wildman–Crippen MR) is 87.3 cm³/mol. The second-order valence-corrected chi connectivity index (χ2v) is 6.09. The maximum atomic E-state index is 12.8. The molecule has 7 heteroatoms. The number of thiazole rings is 1. The molecule has 2 amide bonds. The first-order valence-corrected chi connectivity index (χ1v) is 8.12. The van der Waals surface area contributed by atoms with Gasteiger partial charge in [0.05, 0.1) is 11.2 Å². The number of aromatic nitrogens is 1. The molecule has 0 spiro atoms. The summed E-state index contributed by atoms with van der Waals surface area (Å²) in [5, 5.41) is 5.42. The number of hydrogen-bond acceptors (Lipinski definition) is 4. The molecule has 0 bridgehead atoms. The summed E-state index contributed by atoms with van der Waals surface area (Å²) in [6.45, 7) is 4.56. The van der Waals surface area contributed by atoms with Gasteiger partial charge in [0, 0.05) is 18.7 Å². The number of carbonyl (C=O) groups is 2. The van der Waals surface area contributed by atoms with Crippen molar-refractivity contribution in [2.24, 2.45) is 0 Å². The van der Waals surface area contributed by atoms with E-state index in [9.17, 15) is 14.0 Å². The van der Waals surface area contributed by atoms with Crippen LogP contribution in [0.4, 0.5) is 4.39 Å². The molecule has 2 N–H and O–H groups in total. The summed E-state index contributed by atoms with van der Waals surface area (Å²) in [4.78, 5) is 28.7. The SMILES string of the molecule is CC(C)c1ncsc1C(=O)NCCNC(=O)c1ccc(F)cc1. The number of hydrogen-bond donors (Lipinski definition) is 2. The van der Waals surface area contributed by atoms with Crippen LogP contribution in [-0.2, 0) is 0 Å². The summed E-state index contributed by atoms with van der Waals surface area (Å²) in [7, 11) is 0. The number of carbonyl (C=O) groups excluding carboxylic acids is 2. The van der Waals surface area contributed by atoms with Crippen molar-refractivity contribution in [2.45, 2.75) is 19.8 Å². The van der Waals surface area contributed by atoms with E-state index in [1.165, 1.54) is 35.6 Å². The highest BCUT2D eigenvalue weighted by atomic mass is 32.1. The molecule has 0 saturated heterocycles. The fraction of sp³-hybridized carbons (Fsp3) is 0.312. The first-order valence-electron chi connectivity index (χ1n) is 7.24. The lowest BCUT2D eigenvalue weighted by molar-refractivity contribution is 0.0929. The average molecular weight is 335 g/mol. The Hall–Kier alpha value is -2.28. The highest BCUT2D eigenvalue weighted by Gasteiger charge is 2.16. The second kappa shape index (κ2) is 7.82. The highest BCUT2D eigenvalue weighted by Crippen LogP contribution is 2.21. The van der Waals surface area contributed by atoms with Gasteiger partial charge >= 0.3 is 0 Å². The van der Waals surface area contributed by atoms with Crippen LogP contribution in [0.2, 0.25) is 0 Å². The minimum Gasteiger partial charge on any atom is -0.350 e. The van der Waals surface area contributed by atoms with E-state index in [4.69, 9.17) is 0 Å². The lowest BCUT2D eigenvalue weighted by Crippen LogP contribution is -2.34. The monoisotopic (exact) mass is 335 g/mol. The average Bonchev–Trinajstić information content (AvgIpc) is 3.01. The van der Waals surface area contributed by atoms with E-state index < -0.39 is 0 Å². The largest absolute Gasteiger partial charge is 0.350 e. The molecule has 0 radical (unpaired) electrons. The number of nitrogens with zero attached hydrogens (tertiary/aromatic N) is 1. The van der Waals surface area contributed by atoms with Crippen molar-refractivity contribution in [3.63, 3.8) is 0 Å². The zero-order valence-electron chi connectivity index (χ0n) is 12.9. The van der Waals surface area contributed by atoms with Crippen LogP contribution < -0.4 is 10.6 Å². The Balaban J connectivity index is 1.79. The van der Waals surface area contributed by atoms with Crippen molar-refractivity contribution in [2.75, 3.05) is 13.1 Å². The fourth-order valence-electron chi connectivity index (χ4n) is 1.97. The molecule has 0 atom stereocenters. The molecule has 122 valence electrons. The molecule has 0 fully saturated rings. The van der Waals surface area contributed by atoms with Crippen molar-refractivity contribution < 1.29 is 14.0 Å². The van der Waals surface area contributed by atoms with Crippen molar-refractivity contribution in [3.05, 3.63) is 51.7 Å². The lowest BCUT2D eigenvalue weighted by atomic mass is 10.1. The summed E-state index contributed by atoms with van der Waals surface area (Å²) in [5.41, 5.74) is 2.81. The third kappa shape index (κ3) is 4.59. The summed E-state index contributed by atoms with van der Waals surface area (Å²) >= 11 is 1.30. The Morgan fingerprint density at radius 1 is 1.13 bits per heavy atom. The van der Waals surface area contributed by atoms with E-state index in [0.717, 1.165) is 5.69 Å². The van der Waals surface area contributed by atoms with Gasteiger partial charge in [-0.3, -0.25) is 9.59 Å². The van der Waals surface area contributed by atoms with Crippen LogP contribution in [0.5, 0.6) is 0 Å². The molecular formula is C16H18FN3O2S. The van der Waals surface area contributed by atoms with Gasteiger partial charge in [-0.1, -0.05) is 13.8 Å². The van der Waals surface area contributed by atoms with Gasteiger partial charge in [0.2, 0.25) is 0 Å². The minimum absolute atomic E-state index is 0.181. The number of amides is 2. The maximum Gasteiger partial charge on any atom is 0.263 e. The van der Waals surface area contributed by atoms with E-state index in [0.29, 0.717) is 17.0 Å². The van der Waals surface area contributed by atoms with Crippen LogP contribution in [0.3, 0.4) is 0 Å². The van der Waals surface area contributed by atoms with Gasteiger partial charge in [0.25, 0.3) is 11.8 Å². The molecule has 2 rings (SSSR count). The third-order valence-corrected chi connectivity index (χ3v) is 3.99. The Kier molecular flexibility index (Phi) is 5.81. The van der Waals surface area contributed by atoms with E-state index in [1.807, 2.05) is 13.8 Å². The van der Waals surface area contributed by atoms with Crippen LogP contribution in [0.25, 0.3) is 0 Å². The third-order valence-electron chi connectivity index (χ3n) is 3.15. The zero-order chi connectivity index (χ0) is 16.8. The van der Waals surface area contributed by atoms with E-state index in [1.54, 1.807) is 5.51 Å². The van der Waals surface area contributed by atoms with Gasteiger partial charge in [0.15, 0.2) is 0 Å². The smallest absolute Gasteiger partial charge is 0.263 e. The molecule has 23 heavy (non-hydrogen) atoms. The van der Waals surface area contributed by atoms with E-state index >= 15 is 0 Å². The minimum atomic E-state index is -0.390. The highest BCUT2D eigenvalue weighted by molar-refractivity contribution is 7.11. The normalized spacial score (nSPS) is 10.6. The lowest BCUT2D eigenvalue weighted by Gasteiger charge is -2.08. The molecule has 0 aliphatic rings. The van der Waals surface area contributed by atoms with Crippen molar-refractivity contribution >= 4 is 23.2 Å². The van der Waals surface area contributed by atoms with Gasteiger partial charge in [0.1, 0.15) is 10.7 Å². The molecule has 1 aromatic heterocycles. The van der Waals surface area contributed by atoms with Crippen LogP contribution in [-0.4, -0.2) is 29.9 Å². The molecule has 1 heterocycles. The van der Waals surface area contributed by atoms with Gasteiger partial charge in [-0.25, -0.2) is 9.37 Å². The molecule has 0 aliphatic heterocycles. The maximum absolute atomic E-state index is 12.8. The molecule has 0 aliphatic carbocycles. The van der Waals surface area contributed by atoms with Crippen LogP contribution in [0.1, 0.15) is 45.5 Å². The van der Waals surface area contributed by atoms with E-state index in [2.05, 4.69) is 15.6 Å². The number of nitrogens with one attached hydrogen (secondary N) is 2. The van der Waals surface area contributed by atoms with Crippen molar-refractivity contribution in [3.8, 4) is 0 Å². The standard InChI is InChI=1S/C16H18FN3O2S/c1-10(2)13-14(23-9-20-13)16(22)19-8-7-18-15(21)11-3-5-12(17)6-4-11/h3-6,9-10H,7-8H2,1-2H3,(H,18,21)(H,19,22). The second-order valence-electron chi connectivity index (χ2n) is 5.24. The van der Waals surface area contributed by atoms with Crippen LogP contribution >= 0.6 is 11.3 Å². The Morgan fingerprint density at radius 3 is 2.35 bits per heavy atom. The van der Waals surface area contributed by atoms with Gasteiger partial charge < -0.3 is 10.6 Å².